The van der Waals surface area contributed by atoms with Crippen LogP contribution < -0.4 is 0 Å². The molecular weight excluding hydrogens is 264 g/mol. The maximum absolute atomic E-state index is 11.7. The predicted molar refractivity (Wildman–Crippen MR) is 81.5 cm³/mol. The maximum atomic E-state index is 11.7. The normalized spacial score (nSPS) is 17.3. The van der Waals surface area contributed by atoms with Gasteiger partial charge in [0.15, 0.2) is 0 Å². The summed E-state index contributed by atoms with van der Waals surface area (Å²) in [5.74, 6) is 0.377. The highest BCUT2D eigenvalue weighted by Gasteiger charge is 2.30. The smallest absolute Gasteiger partial charge is 0.246 e. The van der Waals surface area contributed by atoms with E-state index in [1.165, 1.54) is 6.08 Å². The van der Waals surface area contributed by atoms with Crippen molar-refractivity contribution in [2.75, 3.05) is 13.1 Å². The second kappa shape index (κ2) is 6.83. The molecule has 0 unspecified atom stereocenters. The number of hydrogen-bond acceptors (Lipinski definition) is 4. The number of benzene rings is 1. The third-order valence-electron chi connectivity index (χ3n) is 3.75. The summed E-state index contributed by atoms with van der Waals surface area (Å²) in [5.41, 5.74) is 8.36. The first kappa shape index (κ1) is 15.0. The van der Waals surface area contributed by atoms with Crippen LogP contribution in [0.15, 0.2) is 60.5 Å². The van der Waals surface area contributed by atoms with Gasteiger partial charge in [0.2, 0.25) is 5.91 Å². The molecule has 2 rings (SSSR count). The molecule has 1 atom stereocenters. The standard InChI is InChI=1S/C16H20N4O/c1-3-16(21)19-10-9-15(12-19)20(13(2)18-17)11-14-7-5-4-6-8-14/h3-8,15,17H,1-2,9-12H2/t15-/m1/s1. The lowest BCUT2D eigenvalue weighted by Crippen LogP contribution is -2.37. The fourth-order valence-electron chi connectivity index (χ4n) is 2.60. The molecule has 21 heavy (non-hydrogen) atoms. The molecule has 1 aliphatic rings. The monoisotopic (exact) mass is 284 g/mol. The maximum Gasteiger partial charge on any atom is 0.246 e. The predicted octanol–water partition coefficient (Wildman–Crippen LogP) is 2.78. The summed E-state index contributed by atoms with van der Waals surface area (Å²) in [6, 6.07) is 10.1. The number of nitrogens with zero attached hydrogens (tertiary/aromatic N) is 3. The molecule has 0 saturated carbocycles. The summed E-state index contributed by atoms with van der Waals surface area (Å²) >= 11 is 0. The molecule has 1 heterocycles. The minimum Gasteiger partial charge on any atom is -0.346 e. The molecule has 110 valence electrons. The molecule has 0 aromatic heterocycles. The van der Waals surface area contributed by atoms with E-state index in [0.29, 0.717) is 25.5 Å². The van der Waals surface area contributed by atoms with Crippen LogP contribution in [0.3, 0.4) is 0 Å². The van der Waals surface area contributed by atoms with Crippen LogP contribution in [0.4, 0.5) is 0 Å². The van der Waals surface area contributed by atoms with E-state index in [9.17, 15) is 4.79 Å². The van der Waals surface area contributed by atoms with Crippen LogP contribution in [-0.4, -0.2) is 34.8 Å². The second-order valence-corrected chi connectivity index (χ2v) is 5.07. The molecule has 1 aliphatic heterocycles. The summed E-state index contributed by atoms with van der Waals surface area (Å²) in [6.45, 7) is 9.34. The number of carbonyl (C=O) groups is 1. The van der Waals surface area contributed by atoms with Gasteiger partial charge in [0.25, 0.3) is 0 Å². The van der Waals surface area contributed by atoms with Gasteiger partial charge in [-0.2, -0.15) is 0 Å². The van der Waals surface area contributed by atoms with Gasteiger partial charge in [-0.3, -0.25) is 4.79 Å². The van der Waals surface area contributed by atoms with Crippen molar-refractivity contribution in [3.63, 3.8) is 0 Å². The molecule has 5 heteroatoms. The fraction of sp³-hybridized carbons (Fsp3) is 0.312. The van der Waals surface area contributed by atoms with Crippen LogP contribution in [0, 0.1) is 5.53 Å². The summed E-state index contributed by atoms with van der Waals surface area (Å²) in [4.78, 5) is 15.5. The minimum atomic E-state index is -0.0504. The van der Waals surface area contributed by atoms with Crippen molar-refractivity contribution in [3.05, 3.63) is 61.0 Å². The highest BCUT2D eigenvalue weighted by Crippen LogP contribution is 2.22. The largest absolute Gasteiger partial charge is 0.346 e. The van der Waals surface area contributed by atoms with Gasteiger partial charge in [-0.05, 0) is 18.1 Å². The third-order valence-corrected chi connectivity index (χ3v) is 3.75. The Morgan fingerprint density at radius 2 is 2.19 bits per heavy atom. The molecule has 1 amide bonds. The van der Waals surface area contributed by atoms with E-state index < -0.39 is 0 Å². The molecule has 1 saturated heterocycles. The van der Waals surface area contributed by atoms with E-state index in [0.717, 1.165) is 12.0 Å². The molecule has 1 aromatic rings. The van der Waals surface area contributed by atoms with Crippen LogP contribution >= 0.6 is 0 Å². The summed E-state index contributed by atoms with van der Waals surface area (Å²) < 4.78 is 0. The van der Waals surface area contributed by atoms with Crippen molar-refractivity contribution in [3.8, 4) is 0 Å². The van der Waals surface area contributed by atoms with Crippen molar-refractivity contribution in [2.24, 2.45) is 5.11 Å². The van der Waals surface area contributed by atoms with E-state index in [-0.39, 0.29) is 11.9 Å². The van der Waals surface area contributed by atoms with E-state index in [1.54, 1.807) is 4.90 Å². The fourth-order valence-corrected chi connectivity index (χ4v) is 2.60. The highest BCUT2D eigenvalue weighted by atomic mass is 16.2. The molecule has 0 bridgehead atoms. The molecular formula is C16H20N4O. The van der Waals surface area contributed by atoms with Gasteiger partial charge in [-0.1, -0.05) is 43.5 Å². The van der Waals surface area contributed by atoms with Crippen LogP contribution in [0.2, 0.25) is 0 Å². The Kier molecular flexibility index (Phi) is 4.87. The van der Waals surface area contributed by atoms with Gasteiger partial charge < -0.3 is 9.80 Å². The molecule has 0 spiro atoms. The Morgan fingerprint density at radius 1 is 1.48 bits per heavy atom. The number of amides is 1. The lowest BCUT2D eigenvalue weighted by Gasteiger charge is -2.30. The summed E-state index contributed by atoms with van der Waals surface area (Å²) in [5, 5.41) is 3.48. The van der Waals surface area contributed by atoms with Crippen molar-refractivity contribution in [2.45, 2.75) is 19.0 Å². The van der Waals surface area contributed by atoms with Gasteiger partial charge in [-0.15, -0.1) is 5.11 Å². The topological polar surface area (TPSA) is 59.8 Å². The van der Waals surface area contributed by atoms with Gasteiger partial charge in [0.1, 0.15) is 5.82 Å². The first-order valence-corrected chi connectivity index (χ1v) is 6.94. The molecule has 1 N–H and O–H groups in total. The average molecular weight is 284 g/mol. The van der Waals surface area contributed by atoms with Gasteiger partial charge in [-0.25, -0.2) is 5.53 Å². The van der Waals surface area contributed by atoms with Crippen molar-refractivity contribution >= 4 is 5.91 Å². The Morgan fingerprint density at radius 3 is 2.81 bits per heavy atom. The molecule has 1 fully saturated rings. The zero-order valence-electron chi connectivity index (χ0n) is 12.0. The van der Waals surface area contributed by atoms with E-state index in [2.05, 4.69) is 18.3 Å². The van der Waals surface area contributed by atoms with E-state index in [1.807, 2.05) is 35.2 Å². The Hall–Kier alpha value is -2.43. The van der Waals surface area contributed by atoms with E-state index >= 15 is 0 Å². The quantitative estimate of drug-likeness (QED) is 0.645. The number of likely N-dealkylation sites (tertiary alicyclic amines) is 1. The van der Waals surface area contributed by atoms with Crippen molar-refractivity contribution in [1.82, 2.24) is 9.80 Å². The minimum absolute atomic E-state index is 0.0504. The lowest BCUT2D eigenvalue weighted by molar-refractivity contribution is -0.125. The molecule has 5 nitrogen and oxygen atoms in total. The summed E-state index contributed by atoms with van der Waals surface area (Å²) in [7, 11) is 0. The average Bonchev–Trinajstić information content (AvgIpc) is 3.01. The number of nitrogens with one attached hydrogen (secondary N) is 1. The van der Waals surface area contributed by atoms with E-state index in [4.69, 9.17) is 5.53 Å². The SMILES string of the molecule is C=CC(=O)N1CC[C@@H](N(Cc2ccccc2)C(=C)N=N)C1. The number of carbonyl (C=O) groups excluding carboxylic acids is 1. The van der Waals surface area contributed by atoms with Gasteiger partial charge in [0.05, 0.1) is 6.04 Å². The lowest BCUT2D eigenvalue weighted by atomic mass is 10.1. The van der Waals surface area contributed by atoms with Crippen molar-refractivity contribution in [1.29, 1.82) is 5.53 Å². The Bertz CT molecular complexity index is 540. The third kappa shape index (κ3) is 3.56. The first-order valence-electron chi connectivity index (χ1n) is 6.94. The molecule has 1 aromatic carbocycles. The Balaban J connectivity index is 2.10. The van der Waals surface area contributed by atoms with Crippen LogP contribution in [0.5, 0.6) is 0 Å². The number of hydrogen-bond donors (Lipinski definition) is 1. The first-order chi connectivity index (χ1) is 10.2. The van der Waals surface area contributed by atoms with Gasteiger partial charge >= 0.3 is 0 Å². The van der Waals surface area contributed by atoms with Crippen LogP contribution in [0.1, 0.15) is 12.0 Å². The molecule has 0 aliphatic carbocycles. The second-order valence-electron chi connectivity index (χ2n) is 5.07. The number of rotatable bonds is 6. The zero-order chi connectivity index (χ0) is 15.2. The zero-order valence-corrected chi connectivity index (χ0v) is 12.0. The Labute approximate surface area is 125 Å². The van der Waals surface area contributed by atoms with Crippen LogP contribution in [0.25, 0.3) is 0 Å². The van der Waals surface area contributed by atoms with Crippen LogP contribution in [-0.2, 0) is 11.3 Å². The summed E-state index contributed by atoms with van der Waals surface area (Å²) in [6.07, 6.45) is 2.19. The highest BCUT2D eigenvalue weighted by molar-refractivity contribution is 5.87. The molecule has 0 radical (unpaired) electrons. The van der Waals surface area contributed by atoms with Gasteiger partial charge in [0, 0.05) is 19.6 Å². The van der Waals surface area contributed by atoms with Crippen molar-refractivity contribution < 1.29 is 4.79 Å².